The van der Waals surface area contributed by atoms with E-state index in [4.69, 9.17) is 11.6 Å². The first-order valence-electron chi connectivity index (χ1n) is 8.75. The molecule has 2 N–H and O–H groups in total. The number of carbonyl (C=O) groups excluding carboxylic acids is 2. The molecular formula is C21H25ClN2O2. The first-order valence-corrected chi connectivity index (χ1v) is 9.12. The van der Waals surface area contributed by atoms with E-state index in [9.17, 15) is 9.59 Å². The molecule has 0 fully saturated rings. The molecule has 2 rings (SSSR count). The Morgan fingerprint density at radius 3 is 2.19 bits per heavy atom. The van der Waals surface area contributed by atoms with Crippen molar-refractivity contribution < 1.29 is 9.59 Å². The molecule has 2 aromatic rings. The van der Waals surface area contributed by atoms with E-state index in [1.165, 1.54) is 5.56 Å². The third-order valence-electron chi connectivity index (χ3n) is 4.02. The lowest BCUT2D eigenvalue weighted by Gasteiger charge is -2.20. The molecule has 0 unspecified atom stereocenters. The maximum absolute atomic E-state index is 12.6. The molecule has 5 heteroatoms. The van der Waals surface area contributed by atoms with Gasteiger partial charge in [0.05, 0.1) is 0 Å². The Kier molecular flexibility index (Phi) is 7.22. The van der Waals surface area contributed by atoms with Crippen molar-refractivity contribution >= 4 is 23.4 Å². The highest BCUT2D eigenvalue weighted by atomic mass is 35.5. The molecule has 0 heterocycles. The van der Waals surface area contributed by atoms with E-state index in [1.54, 1.807) is 24.3 Å². The van der Waals surface area contributed by atoms with E-state index in [2.05, 4.69) is 10.6 Å². The summed E-state index contributed by atoms with van der Waals surface area (Å²) in [5.74, 6) is -0.185. The summed E-state index contributed by atoms with van der Waals surface area (Å²) in [6.07, 6.45) is 0.569. The molecule has 26 heavy (non-hydrogen) atoms. The van der Waals surface area contributed by atoms with Gasteiger partial charge in [0.2, 0.25) is 5.91 Å². The molecule has 2 aromatic carbocycles. The third-order valence-corrected chi connectivity index (χ3v) is 4.27. The monoisotopic (exact) mass is 372 g/mol. The lowest BCUT2D eigenvalue weighted by atomic mass is 10.0. The maximum Gasteiger partial charge on any atom is 0.251 e. The lowest BCUT2D eigenvalue weighted by Crippen LogP contribution is -2.47. The summed E-state index contributed by atoms with van der Waals surface area (Å²) in [7, 11) is 0. The van der Waals surface area contributed by atoms with Crippen LogP contribution in [0.15, 0.2) is 48.5 Å². The Bertz CT molecular complexity index is 740. The summed E-state index contributed by atoms with van der Waals surface area (Å²) in [5.41, 5.74) is 2.68. The van der Waals surface area contributed by atoms with Crippen LogP contribution in [0.4, 0.5) is 0 Å². The average molecular weight is 373 g/mol. The molecule has 0 aliphatic rings. The number of nitrogens with one attached hydrogen (secondary N) is 2. The molecule has 4 nitrogen and oxygen atoms in total. The van der Waals surface area contributed by atoms with Crippen LogP contribution in [0.1, 0.15) is 41.8 Å². The van der Waals surface area contributed by atoms with Gasteiger partial charge in [0.25, 0.3) is 5.91 Å². The summed E-state index contributed by atoms with van der Waals surface area (Å²) in [5, 5.41) is 6.32. The van der Waals surface area contributed by atoms with Crippen molar-refractivity contribution in [3.63, 3.8) is 0 Å². The van der Waals surface area contributed by atoms with Crippen LogP contribution in [0, 0.1) is 12.8 Å². The minimum Gasteiger partial charge on any atom is -0.350 e. The summed E-state index contributed by atoms with van der Waals surface area (Å²) in [6.45, 7) is 6.50. The first-order chi connectivity index (χ1) is 12.3. The van der Waals surface area contributed by atoms with Crippen molar-refractivity contribution in [2.45, 2.75) is 39.8 Å². The van der Waals surface area contributed by atoms with E-state index in [0.717, 1.165) is 5.56 Å². The van der Waals surface area contributed by atoms with E-state index in [0.29, 0.717) is 23.6 Å². The van der Waals surface area contributed by atoms with Gasteiger partial charge in [-0.25, -0.2) is 0 Å². The Labute approximate surface area is 159 Å². The van der Waals surface area contributed by atoms with Crippen LogP contribution < -0.4 is 10.6 Å². The molecule has 138 valence electrons. The Morgan fingerprint density at radius 2 is 1.62 bits per heavy atom. The molecule has 0 saturated carbocycles. The highest BCUT2D eigenvalue weighted by molar-refractivity contribution is 6.30. The Morgan fingerprint density at radius 1 is 1.00 bits per heavy atom. The van der Waals surface area contributed by atoms with Gasteiger partial charge < -0.3 is 10.6 Å². The highest BCUT2D eigenvalue weighted by Crippen LogP contribution is 2.11. The topological polar surface area (TPSA) is 58.2 Å². The molecule has 0 saturated heterocycles. The summed E-state index contributed by atoms with van der Waals surface area (Å²) >= 11 is 5.85. The smallest absolute Gasteiger partial charge is 0.251 e. The number of hydrogen-bond donors (Lipinski definition) is 2. The van der Waals surface area contributed by atoms with Crippen LogP contribution in [0.25, 0.3) is 0 Å². The largest absolute Gasteiger partial charge is 0.350 e. The predicted molar refractivity (Wildman–Crippen MR) is 105 cm³/mol. The number of benzene rings is 2. The van der Waals surface area contributed by atoms with Gasteiger partial charge in [0, 0.05) is 17.1 Å². The van der Waals surface area contributed by atoms with Crippen molar-refractivity contribution in [1.29, 1.82) is 0 Å². The molecule has 0 radical (unpaired) electrons. The van der Waals surface area contributed by atoms with Crippen LogP contribution in [-0.2, 0) is 11.3 Å². The predicted octanol–water partition coefficient (Wildman–Crippen LogP) is 4.11. The molecule has 1 atom stereocenters. The summed E-state index contributed by atoms with van der Waals surface area (Å²) in [4.78, 5) is 25.0. The molecule has 0 bridgehead atoms. The van der Waals surface area contributed by atoms with Gasteiger partial charge >= 0.3 is 0 Å². The van der Waals surface area contributed by atoms with Gasteiger partial charge in [0.1, 0.15) is 6.04 Å². The zero-order valence-corrected chi connectivity index (χ0v) is 16.1. The maximum atomic E-state index is 12.6. The van der Waals surface area contributed by atoms with Crippen molar-refractivity contribution in [2.75, 3.05) is 0 Å². The van der Waals surface area contributed by atoms with Crippen LogP contribution in [0.2, 0.25) is 5.02 Å². The minimum atomic E-state index is -0.580. The van der Waals surface area contributed by atoms with Gasteiger partial charge in [-0.3, -0.25) is 9.59 Å². The van der Waals surface area contributed by atoms with E-state index >= 15 is 0 Å². The number of halogens is 1. The normalized spacial score (nSPS) is 11.9. The molecule has 0 spiro atoms. The zero-order chi connectivity index (χ0) is 19.1. The molecule has 0 aromatic heterocycles. The van der Waals surface area contributed by atoms with E-state index in [1.807, 2.05) is 45.0 Å². The van der Waals surface area contributed by atoms with E-state index < -0.39 is 6.04 Å². The molecule has 2 amide bonds. The molecule has 0 aliphatic heterocycles. The quantitative estimate of drug-likeness (QED) is 0.768. The fourth-order valence-corrected chi connectivity index (χ4v) is 2.69. The second kappa shape index (κ2) is 9.39. The number of hydrogen-bond acceptors (Lipinski definition) is 2. The molecular weight excluding hydrogens is 348 g/mol. The van der Waals surface area contributed by atoms with Gasteiger partial charge in [-0.15, -0.1) is 0 Å². The van der Waals surface area contributed by atoms with Crippen molar-refractivity contribution in [2.24, 2.45) is 5.92 Å². The Hall–Kier alpha value is -2.33. The number of rotatable bonds is 7. The van der Waals surface area contributed by atoms with Gasteiger partial charge in [-0.1, -0.05) is 55.3 Å². The third kappa shape index (κ3) is 6.19. The van der Waals surface area contributed by atoms with Crippen LogP contribution >= 0.6 is 11.6 Å². The van der Waals surface area contributed by atoms with Crippen molar-refractivity contribution in [3.8, 4) is 0 Å². The minimum absolute atomic E-state index is 0.179. The highest BCUT2D eigenvalue weighted by Gasteiger charge is 2.22. The SMILES string of the molecule is Cc1ccc(CNC(=O)[C@H](CC(C)C)NC(=O)c2ccc(Cl)cc2)cc1. The second-order valence-corrected chi connectivity index (χ2v) is 7.30. The van der Waals surface area contributed by atoms with E-state index in [-0.39, 0.29) is 17.7 Å². The van der Waals surface area contributed by atoms with Crippen LogP contribution in [0.3, 0.4) is 0 Å². The zero-order valence-electron chi connectivity index (χ0n) is 15.4. The van der Waals surface area contributed by atoms with Crippen LogP contribution in [-0.4, -0.2) is 17.9 Å². The number of aryl methyl sites for hydroxylation is 1. The van der Waals surface area contributed by atoms with Crippen molar-refractivity contribution in [1.82, 2.24) is 10.6 Å². The van der Waals surface area contributed by atoms with Gasteiger partial charge in [-0.05, 0) is 49.1 Å². The second-order valence-electron chi connectivity index (χ2n) is 6.87. The fourth-order valence-electron chi connectivity index (χ4n) is 2.56. The standard InChI is InChI=1S/C21H25ClN2O2/c1-14(2)12-19(24-20(25)17-8-10-18(22)11-9-17)21(26)23-13-16-6-4-15(3)5-7-16/h4-11,14,19H,12-13H2,1-3H3,(H,23,26)(H,24,25)/t19-/m0/s1. The summed E-state index contributed by atoms with van der Waals surface area (Å²) < 4.78 is 0. The molecule has 0 aliphatic carbocycles. The van der Waals surface area contributed by atoms with Gasteiger partial charge in [-0.2, -0.15) is 0 Å². The van der Waals surface area contributed by atoms with Crippen molar-refractivity contribution in [3.05, 3.63) is 70.2 Å². The van der Waals surface area contributed by atoms with Gasteiger partial charge in [0.15, 0.2) is 0 Å². The Balaban J connectivity index is 2.00. The lowest BCUT2D eigenvalue weighted by molar-refractivity contribution is -0.123. The number of amides is 2. The summed E-state index contributed by atoms with van der Waals surface area (Å²) in [6, 6.07) is 14.0. The van der Waals surface area contributed by atoms with Crippen LogP contribution in [0.5, 0.6) is 0 Å². The first kappa shape index (κ1) is 20.0. The average Bonchev–Trinajstić information content (AvgIpc) is 2.60. The number of carbonyl (C=O) groups is 2. The fraction of sp³-hybridized carbons (Fsp3) is 0.333.